The Hall–Kier alpha value is -3.41. The quantitative estimate of drug-likeness (QED) is 0.375. The number of ether oxygens (including phenoxy) is 1. The number of benzene rings is 2. The molecule has 2 heterocycles. The summed E-state index contributed by atoms with van der Waals surface area (Å²) in [4.78, 5) is 16.6. The van der Waals surface area contributed by atoms with E-state index in [1.54, 1.807) is 22.9 Å². The normalized spacial score (nSPS) is 21.9. The average molecular weight is 547 g/mol. The van der Waals surface area contributed by atoms with Crippen LogP contribution in [-0.2, 0) is 6.42 Å². The molecule has 2 aromatic carbocycles. The SMILES string of the molecule is [C-]#[N+]c1ccc(OC2C(C)(C)C(NC(=O)c3ccc(-n4cc(CC5CCNCC5)nn4)cc3)C2(C)C)cc1Cl. The maximum Gasteiger partial charge on any atom is 0.251 e. The lowest BCUT2D eigenvalue weighted by molar-refractivity contribution is -0.164. The fourth-order valence-electron chi connectivity index (χ4n) is 6.47. The van der Waals surface area contributed by atoms with Crippen LogP contribution in [0, 0.1) is 23.3 Å². The molecule has 204 valence electrons. The van der Waals surface area contributed by atoms with Crippen molar-refractivity contribution in [3.63, 3.8) is 0 Å². The first-order valence-corrected chi connectivity index (χ1v) is 13.8. The van der Waals surface area contributed by atoms with Crippen LogP contribution in [0.3, 0.4) is 0 Å². The zero-order valence-corrected chi connectivity index (χ0v) is 23.6. The molecular formula is C30H35ClN6O2. The molecule has 2 fully saturated rings. The van der Waals surface area contributed by atoms with E-state index in [0.717, 1.165) is 30.9 Å². The van der Waals surface area contributed by atoms with Crippen molar-refractivity contribution in [2.45, 2.75) is 59.1 Å². The zero-order valence-electron chi connectivity index (χ0n) is 22.9. The first-order chi connectivity index (χ1) is 18.6. The van der Waals surface area contributed by atoms with Gasteiger partial charge in [-0.25, -0.2) is 9.53 Å². The van der Waals surface area contributed by atoms with Gasteiger partial charge in [0.1, 0.15) is 11.9 Å². The van der Waals surface area contributed by atoms with Gasteiger partial charge in [0.15, 0.2) is 0 Å². The van der Waals surface area contributed by atoms with E-state index in [9.17, 15) is 4.79 Å². The third kappa shape index (κ3) is 5.39. The Morgan fingerprint density at radius 2 is 1.85 bits per heavy atom. The molecule has 1 saturated carbocycles. The third-order valence-corrected chi connectivity index (χ3v) is 8.60. The Kier molecular flexibility index (Phi) is 7.41. The molecule has 3 aromatic rings. The van der Waals surface area contributed by atoms with Gasteiger partial charge >= 0.3 is 0 Å². The van der Waals surface area contributed by atoms with E-state index in [0.29, 0.717) is 27.9 Å². The van der Waals surface area contributed by atoms with Crippen LogP contribution in [0.2, 0.25) is 5.02 Å². The number of carbonyl (C=O) groups excluding carboxylic acids is 1. The van der Waals surface area contributed by atoms with E-state index in [1.165, 1.54) is 12.8 Å². The van der Waals surface area contributed by atoms with Crippen molar-refractivity contribution in [2.24, 2.45) is 16.7 Å². The van der Waals surface area contributed by atoms with Gasteiger partial charge in [0.2, 0.25) is 5.69 Å². The second kappa shape index (κ2) is 10.6. The van der Waals surface area contributed by atoms with E-state index in [2.05, 4.69) is 53.5 Å². The van der Waals surface area contributed by atoms with Crippen LogP contribution in [0.1, 0.15) is 56.6 Å². The number of nitrogens with one attached hydrogen (secondary N) is 2. The maximum atomic E-state index is 13.2. The minimum Gasteiger partial charge on any atom is -0.489 e. The Balaban J connectivity index is 1.22. The smallest absolute Gasteiger partial charge is 0.251 e. The van der Waals surface area contributed by atoms with Gasteiger partial charge in [-0.05, 0) is 74.7 Å². The Morgan fingerprint density at radius 3 is 2.49 bits per heavy atom. The summed E-state index contributed by atoms with van der Waals surface area (Å²) in [6, 6.07) is 12.5. The Morgan fingerprint density at radius 1 is 1.15 bits per heavy atom. The lowest BCUT2D eigenvalue weighted by atomic mass is 9.49. The molecule has 0 radical (unpaired) electrons. The van der Waals surface area contributed by atoms with Crippen LogP contribution in [0.4, 0.5) is 5.69 Å². The predicted molar refractivity (Wildman–Crippen MR) is 152 cm³/mol. The fourth-order valence-corrected chi connectivity index (χ4v) is 6.68. The summed E-state index contributed by atoms with van der Waals surface area (Å²) in [7, 11) is 0. The van der Waals surface area contributed by atoms with E-state index in [-0.39, 0.29) is 28.9 Å². The first kappa shape index (κ1) is 27.2. The Bertz CT molecular complexity index is 1370. The molecule has 0 bridgehead atoms. The molecule has 8 nitrogen and oxygen atoms in total. The van der Waals surface area contributed by atoms with E-state index in [4.69, 9.17) is 22.9 Å². The Labute approximate surface area is 234 Å². The highest BCUT2D eigenvalue weighted by Crippen LogP contribution is 2.55. The largest absolute Gasteiger partial charge is 0.489 e. The maximum absolute atomic E-state index is 13.2. The highest BCUT2D eigenvalue weighted by molar-refractivity contribution is 6.33. The summed E-state index contributed by atoms with van der Waals surface area (Å²) < 4.78 is 8.11. The lowest BCUT2D eigenvalue weighted by Gasteiger charge is -2.63. The first-order valence-electron chi connectivity index (χ1n) is 13.5. The molecule has 1 aromatic heterocycles. The van der Waals surface area contributed by atoms with Crippen LogP contribution in [0.5, 0.6) is 5.75 Å². The molecule has 1 saturated heterocycles. The topological polar surface area (TPSA) is 85.4 Å². The molecule has 1 amide bonds. The monoisotopic (exact) mass is 546 g/mol. The number of halogens is 1. The van der Waals surface area contributed by atoms with Crippen molar-refractivity contribution in [2.75, 3.05) is 13.1 Å². The highest BCUT2D eigenvalue weighted by atomic mass is 35.5. The summed E-state index contributed by atoms with van der Waals surface area (Å²) in [5, 5.41) is 15.7. The molecule has 2 aliphatic rings. The summed E-state index contributed by atoms with van der Waals surface area (Å²) in [6.07, 6.45) is 5.11. The van der Waals surface area contributed by atoms with Crippen LogP contribution in [0.25, 0.3) is 10.5 Å². The highest BCUT2D eigenvalue weighted by Gasteiger charge is 2.64. The number of piperidine rings is 1. The molecule has 1 aliphatic heterocycles. The summed E-state index contributed by atoms with van der Waals surface area (Å²) in [5.74, 6) is 1.14. The van der Waals surface area contributed by atoms with E-state index in [1.807, 2.05) is 30.5 Å². The number of carbonyl (C=O) groups is 1. The molecule has 0 spiro atoms. The molecule has 2 N–H and O–H groups in total. The molecule has 0 unspecified atom stereocenters. The van der Waals surface area contributed by atoms with Gasteiger partial charge < -0.3 is 15.4 Å². The number of hydrogen-bond donors (Lipinski definition) is 2. The van der Waals surface area contributed by atoms with Gasteiger partial charge in [-0.3, -0.25) is 4.79 Å². The van der Waals surface area contributed by atoms with Gasteiger partial charge in [-0.1, -0.05) is 50.6 Å². The van der Waals surface area contributed by atoms with Crippen LogP contribution in [0.15, 0.2) is 48.7 Å². The van der Waals surface area contributed by atoms with Crippen LogP contribution >= 0.6 is 11.6 Å². The van der Waals surface area contributed by atoms with E-state index >= 15 is 0 Å². The number of aromatic nitrogens is 3. The molecular weight excluding hydrogens is 512 g/mol. The minimum absolute atomic E-state index is 0.104. The fraction of sp³-hybridized carbons (Fsp3) is 0.467. The van der Waals surface area contributed by atoms with Gasteiger partial charge in [0, 0.05) is 22.4 Å². The van der Waals surface area contributed by atoms with Gasteiger partial charge in [0.05, 0.1) is 29.2 Å². The van der Waals surface area contributed by atoms with Crippen molar-refractivity contribution in [1.29, 1.82) is 0 Å². The number of nitrogens with zero attached hydrogens (tertiary/aromatic N) is 4. The zero-order chi connectivity index (χ0) is 27.8. The number of rotatable bonds is 7. The second-order valence-corrected chi connectivity index (χ2v) is 12.3. The summed E-state index contributed by atoms with van der Waals surface area (Å²) in [5.41, 5.74) is 2.21. The lowest BCUT2D eigenvalue weighted by Crippen LogP contribution is -2.74. The standard InChI is InChI=1S/C30H35ClN6O2/c1-29(2)27(30(3,4)28(29)39-23-10-11-25(32-5)24(31)17-23)34-26(38)20-6-8-22(9-7-20)37-18-21(35-36-37)16-19-12-14-33-15-13-19/h6-11,17-19,27-28,33H,12-16H2,1-4H3,(H,34,38). The number of hydrogen-bond acceptors (Lipinski definition) is 5. The average Bonchev–Trinajstić information content (AvgIpc) is 3.39. The summed E-state index contributed by atoms with van der Waals surface area (Å²) >= 11 is 6.21. The van der Waals surface area contributed by atoms with Crippen molar-refractivity contribution in [3.05, 3.63) is 76.4 Å². The van der Waals surface area contributed by atoms with Gasteiger partial charge in [0.25, 0.3) is 5.91 Å². The van der Waals surface area contributed by atoms with Crippen molar-refractivity contribution < 1.29 is 9.53 Å². The number of amides is 1. The second-order valence-electron chi connectivity index (χ2n) is 11.9. The minimum atomic E-state index is -0.324. The van der Waals surface area contributed by atoms with Gasteiger partial charge in [-0.2, -0.15) is 0 Å². The molecule has 39 heavy (non-hydrogen) atoms. The van der Waals surface area contributed by atoms with Gasteiger partial charge in [-0.15, -0.1) is 5.10 Å². The molecule has 1 aliphatic carbocycles. The van der Waals surface area contributed by atoms with E-state index < -0.39 is 0 Å². The van der Waals surface area contributed by atoms with Crippen LogP contribution in [-0.4, -0.2) is 46.1 Å². The third-order valence-electron chi connectivity index (χ3n) is 8.30. The molecule has 0 atom stereocenters. The molecule has 5 rings (SSSR count). The summed E-state index contributed by atoms with van der Waals surface area (Å²) in [6.45, 7) is 17.7. The van der Waals surface area contributed by atoms with Crippen molar-refractivity contribution >= 4 is 23.2 Å². The van der Waals surface area contributed by atoms with Crippen molar-refractivity contribution in [1.82, 2.24) is 25.6 Å². The van der Waals surface area contributed by atoms with Crippen molar-refractivity contribution in [3.8, 4) is 11.4 Å². The predicted octanol–water partition coefficient (Wildman–Crippen LogP) is 5.63. The van der Waals surface area contributed by atoms with Crippen LogP contribution < -0.4 is 15.4 Å². The molecule has 9 heteroatoms.